The monoisotopic (exact) mass is 237 g/mol. The summed E-state index contributed by atoms with van der Waals surface area (Å²) >= 11 is 1.50. The maximum Gasteiger partial charge on any atom is 0.231 e. The van der Waals surface area contributed by atoms with Gasteiger partial charge in [0, 0.05) is 10.6 Å². The Balaban J connectivity index is 1.93. The molecule has 0 radical (unpaired) electrons. The normalized spacial score (nSPS) is 14.5. The smallest absolute Gasteiger partial charge is 0.231 e. The molecule has 0 fully saturated rings. The molecular weight excluding hydrogens is 226 g/mol. The van der Waals surface area contributed by atoms with Crippen LogP contribution in [0.2, 0.25) is 0 Å². The zero-order valence-electron chi connectivity index (χ0n) is 8.55. The minimum atomic E-state index is -0.583. The van der Waals surface area contributed by atoms with Gasteiger partial charge in [-0.15, -0.1) is 11.8 Å². The average Bonchev–Trinajstić information content (AvgIpc) is 2.74. The molecule has 0 saturated carbocycles. The second kappa shape index (κ2) is 5.10. The molecule has 1 aromatic rings. The summed E-state index contributed by atoms with van der Waals surface area (Å²) in [6.45, 7) is 0.264. The Bertz CT molecular complexity index is 416. The highest BCUT2D eigenvalue weighted by Gasteiger charge is 2.13. The molecule has 2 rings (SSSR count). The maximum atomic E-state index is 9.40. The van der Waals surface area contributed by atoms with E-state index in [-0.39, 0.29) is 13.2 Å². The summed E-state index contributed by atoms with van der Waals surface area (Å²) in [4.78, 5) is 1.00. The molecule has 5 heteroatoms. The van der Waals surface area contributed by atoms with E-state index in [0.29, 0.717) is 5.75 Å². The van der Waals surface area contributed by atoms with Gasteiger partial charge >= 0.3 is 0 Å². The van der Waals surface area contributed by atoms with Crippen LogP contribution in [0.15, 0.2) is 23.1 Å². The van der Waals surface area contributed by atoms with Gasteiger partial charge in [-0.1, -0.05) is 0 Å². The fourth-order valence-corrected chi connectivity index (χ4v) is 2.18. The largest absolute Gasteiger partial charge is 0.454 e. The topological polar surface area (TPSA) is 62.5 Å². The number of aliphatic hydroxyl groups excluding tert-OH is 1. The zero-order chi connectivity index (χ0) is 11.4. The SMILES string of the molecule is N#CCC(O)CSc1ccc2c(c1)OCO2. The molecule has 16 heavy (non-hydrogen) atoms. The maximum absolute atomic E-state index is 9.40. The van der Waals surface area contributed by atoms with Gasteiger partial charge in [-0.25, -0.2) is 0 Å². The van der Waals surface area contributed by atoms with Crippen molar-refractivity contribution >= 4 is 11.8 Å². The van der Waals surface area contributed by atoms with Crippen molar-refractivity contribution in [2.75, 3.05) is 12.5 Å². The van der Waals surface area contributed by atoms with E-state index in [1.807, 2.05) is 24.3 Å². The van der Waals surface area contributed by atoms with E-state index < -0.39 is 6.10 Å². The van der Waals surface area contributed by atoms with E-state index >= 15 is 0 Å². The van der Waals surface area contributed by atoms with Crippen LogP contribution in [0.5, 0.6) is 11.5 Å². The predicted molar refractivity (Wildman–Crippen MR) is 59.5 cm³/mol. The summed E-state index contributed by atoms with van der Waals surface area (Å²) in [5.41, 5.74) is 0. The lowest BCUT2D eigenvalue weighted by atomic mass is 10.3. The van der Waals surface area contributed by atoms with Crippen molar-refractivity contribution in [2.24, 2.45) is 0 Å². The number of ether oxygens (including phenoxy) is 2. The second-order valence-electron chi connectivity index (χ2n) is 3.34. The number of hydrogen-bond donors (Lipinski definition) is 1. The van der Waals surface area contributed by atoms with Crippen molar-refractivity contribution in [1.82, 2.24) is 0 Å². The number of benzene rings is 1. The number of rotatable bonds is 4. The number of nitrogens with zero attached hydrogens (tertiary/aromatic N) is 1. The highest BCUT2D eigenvalue weighted by atomic mass is 32.2. The molecular formula is C11H11NO3S. The third-order valence-corrected chi connectivity index (χ3v) is 3.25. The van der Waals surface area contributed by atoms with Crippen LogP contribution in [0.4, 0.5) is 0 Å². The molecule has 1 heterocycles. The van der Waals surface area contributed by atoms with Gasteiger partial charge in [0.05, 0.1) is 18.6 Å². The summed E-state index contributed by atoms with van der Waals surface area (Å²) in [7, 11) is 0. The van der Waals surface area contributed by atoms with Gasteiger partial charge < -0.3 is 14.6 Å². The Morgan fingerprint density at radius 2 is 2.25 bits per heavy atom. The molecule has 1 aliphatic rings. The van der Waals surface area contributed by atoms with E-state index in [9.17, 15) is 5.11 Å². The third kappa shape index (κ3) is 2.60. The average molecular weight is 237 g/mol. The Hall–Kier alpha value is -1.38. The summed E-state index contributed by atoms with van der Waals surface area (Å²) in [5, 5.41) is 17.8. The van der Waals surface area contributed by atoms with Gasteiger partial charge in [-0.05, 0) is 18.2 Å². The van der Waals surface area contributed by atoms with Crippen LogP contribution in [-0.2, 0) is 0 Å². The Kier molecular flexibility index (Phi) is 3.54. The highest BCUT2D eigenvalue weighted by Crippen LogP contribution is 2.35. The van der Waals surface area contributed by atoms with Crippen molar-refractivity contribution in [2.45, 2.75) is 17.4 Å². The number of nitriles is 1. The van der Waals surface area contributed by atoms with E-state index in [0.717, 1.165) is 16.4 Å². The van der Waals surface area contributed by atoms with Crippen LogP contribution in [0, 0.1) is 11.3 Å². The Morgan fingerprint density at radius 1 is 1.44 bits per heavy atom. The van der Waals surface area contributed by atoms with Gasteiger partial charge in [0.1, 0.15) is 0 Å². The molecule has 1 N–H and O–H groups in total. The molecule has 1 aliphatic heterocycles. The van der Waals surface area contributed by atoms with Crippen molar-refractivity contribution in [3.63, 3.8) is 0 Å². The molecule has 1 unspecified atom stereocenters. The van der Waals surface area contributed by atoms with Gasteiger partial charge in [-0.3, -0.25) is 0 Å². The summed E-state index contributed by atoms with van der Waals surface area (Å²) in [5.74, 6) is 1.99. The summed E-state index contributed by atoms with van der Waals surface area (Å²) < 4.78 is 10.4. The highest BCUT2D eigenvalue weighted by molar-refractivity contribution is 7.99. The molecule has 0 bridgehead atoms. The lowest BCUT2D eigenvalue weighted by molar-refractivity contribution is 0.174. The van der Waals surface area contributed by atoms with Crippen molar-refractivity contribution in [1.29, 1.82) is 5.26 Å². The summed E-state index contributed by atoms with van der Waals surface area (Å²) in [6, 6.07) is 7.58. The van der Waals surface area contributed by atoms with Gasteiger partial charge in [0.2, 0.25) is 6.79 Å². The fourth-order valence-electron chi connectivity index (χ4n) is 1.32. The van der Waals surface area contributed by atoms with Crippen LogP contribution < -0.4 is 9.47 Å². The molecule has 0 aliphatic carbocycles. The Morgan fingerprint density at radius 3 is 3.06 bits per heavy atom. The molecule has 4 nitrogen and oxygen atoms in total. The van der Waals surface area contributed by atoms with Crippen molar-refractivity contribution in [3.8, 4) is 17.6 Å². The molecule has 0 aromatic heterocycles. The number of hydrogen-bond acceptors (Lipinski definition) is 5. The lowest BCUT2D eigenvalue weighted by Crippen LogP contribution is -2.07. The van der Waals surface area contributed by atoms with Crippen LogP contribution >= 0.6 is 11.8 Å². The van der Waals surface area contributed by atoms with Crippen LogP contribution in [0.25, 0.3) is 0 Å². The first-order valence-corrected chi connectivity index (χ1v) is 5.85. The minimum absolute atomic E-state index is 0.164. The van der Waals surface area contributed by atoms with E-state index in [2.05, 4.69) is 0 Å². The lowest BCUT2D eigenvalue weighted by Gasteiger charge is -2.06. The quantitative estimate of drug-likeness (QED) is 0.809. The fraction of sp³-hybridized carbons (Fsp3) is 0.364. The van der Waals surface area contributed by atoms with E-state index in [1.54, 1.807) is 0 Å². The number of aliphatic hydroxyl groups is 1. The van der Waals surface area contributed by atoms with E-state index in [4.69, 9.17) is 14.7 Å². The second-order valence-corrected chi connectivity index (χ2v) is 4.44. The van der Waals surface area contributed by atoms with Gasteiger partial charge in [0.15, 0.2) is 11.5 Å². The first-order chi connectivity index (χ1) is 7.79. The molecule has 0 spiro atoms. The standard InChI is InChI=1S/C11H11NO3S/c12-4-3-8(13)6-16-9-1-2-10-11(5-9)15-7-14-10/h1-2,5,8,13H,3,6-7H2. The Labute approximate surface area is 97.8 Å². The molecule has 1 atom stereocenters. The first kappa shape index (κ1) is 11.1. The first-order valence-electron chi connectivity index (χ1n) is 4.87. The van der Waals surface area contributed by atoms with Crippen LogP contribution in [-0.4, -0.2) is 23.8 Å². The minimum Gasteiger partial charge on any atom is -0.454 e. The molecule has 0 amide bonds. The molecule has 1 aromatic carbocycles. The summed E-state index contributed by atoms with van der Waals surface area (Å²) in [6.07, 6.45) is -0.419. The van der Waals surface area contributed by atoms with Crippen molar-refractivity contribution < 1.29 is 14.6 Å². The van der Waals surface area contributed by atoms with Gasteiger partial charge in [0.25, 0.3) is 0 Å². The zero-order valence-corrected chi connectivity index (χ0v) is 9.37. The predicted octanol–water partition coefficient (Wildman–Crippen LogP) is 1.78. The van der Waals surface area contributed by atoms with Crippen LogP contribution in [0.1, 0.15) is 6.42 Å². The van der Waals surface area contributed by atoms with Gasteiger partial charge in [-0.2, -0.15) is 5.26 Å². The van der Waals surface area contributed by atoms with Crippen molar-refractivity contribution in [3.05, 3.63) is 18.2 Å². The van der Waals surface area contributed by atoms with E-state index in [1.165, 1.54) is 11.8 Å². The molecule has 84 valence electrons. The number of fused-ring (bicyclic) bond motifs is 1. The molecule has 0 saturated heterocycles. The third-order valence-electron chi connectivity index (χ3n) is 2.11. The number of thioether (sulfide) groups is 1. The van der Waals surface area contributed by atoms with Crippen LogP contribution in [0.3, 0.4) is 0 Å².